The average Bonchev–Trinajstić information content (AvgIpc) is 2.65. The summed E-state index contributed by atoms with van der Waals surface area (Å²) >= 11 is 0. The summed E-state index contributed by atoms with van der Waals surface area (Å²) in [6.07, 6.45) is -3.38. The second-order valence-corrected chi connectivity index (χ2v) is 6.84. The zero-order valence-corrected chi connectivity index (χ0v) is 15.9. The third-order valence-electron chi connectivity index (χ3n) is 3.98. The van der Waals surface area contributed by atoms with Crippen LogP contribution in [0.1, 0.15) is 37.8 Å². The summed E-state index contributed by atoms with van der Waals surface area (Å²) in [5.41, 5.74) is 7.18. The highest BCUT2D eigenvalue weighted by atomic mass is 16.4. The summed E-state index contributed by atoms with van der Waals surface area (Å²) in [6, 6.07) is 6.61. The predicted molar refractivity (Wildman–Crippen MR) is 100 cm³/mol. The number of benzene rings is 1. The number of aliphatic carboxylic acids is 1. The van der Waals surface area contributed by atoms with Gasteiger partial charge in [-0.3, -0.25) is 4.79 Å². The van der Waals surface area contributed by atoms with E-state index in [0.29, 0.717) is 5.92 Å². The molecule has 0 saturated heterocycles. The molecule has 0 aliphatic carbocycles. The maximum absolute atomic E-state index is 10.8. The maximum Gasteiger partial charge on any atom is 0.310 e. The van der Waals surface area contributed by atoms with E-state index in [1.807, 2.05) is 24.3 Å². The first-order chi connectivity index (χ1) is 12.5. The van der Waals surface area contributed by atoms with E-state index in [2.05, 4.69) is 13.8 Å². The van der Waals surface area contributed by atoms with Gasteiger partial charge in [-0.2, -0.15) is 0 Å². The van der Waals surface area contributed by atoms with Gasteiger partial charge >= 0.3 is 5.97 Å². The number of carbonyl (C=O) groups is 2. The minimum absolute atomic E-state index is 0.248. The normalized spacial score (nSPS) is 16.5. The summed E-state index contributed by atoms with van der Waals surface area (Å²) in [5, 5.41) is 44.0. The third kappa shape index (κ3) is 9.07. The highest BCUT2D eigenvalue weighted by molar-refractivity contribution is 5.75. The molecule has 1 aromatic rings. The van der Waals surface area contributed by atoms with E-state index in [9.17, 15) is 9.59 Å². The summed E-state index contributed by atoms with van der Waals surface area (Å²) in [5.74, 6) is -0.558. The molecule has 0 aliphatic rings. The molecule has 0 amide bonds. The van der Waals surface area contributed by atoms with Gasteiger partial charge in [0.05, 0.1) is 18.6 Å². The molecule has 154 valence electrons. The van der Waals surface area contributed by atoms with Crippen LogP contribution in [0.2, 0.25) is 0 Å². The monoisotopic (exact) mass is 385 g/mol. The van der Waals surface area contributed by atoms with Gasteiger partial charge in [0.2, 0.25) is 0 Å². The average molecular weight is 385 g/mol. The van der Waals surface area contributed by atoms with Crippen LogP contribution in [0.15, 0.2) is 24.3 Å². The van der Waals surface area contributed by atoms with Gasteiger partial charge in [-0.1, -0.05) is 38.1 Å². The van der Waals surface area contributed by atoms with Crippen LogP contribution in [0.3, 0.4) is 0 Å². The fourth-order valence-corrected chi connectivity index (χ4v) is 2.20. The molecule has 0 spiro atoms. The summed E-state index contributed by atoms with van der Waals surface area (Å²) in [4.78, 5) is 20.8. The molecule has 1 aromatic carbocycles. The van der Waals surface area contributed by atoms with E-state index >= 15 is 0 Å². The minimum Gasteiger partial charge on any atom is -0.481 e. The second-order valence-electron chi connectivity index (χ2n) is 6.84. The Labute approximate surface area is 159 Å². The van der Waals surface area contributed by atoms with Gasteiger partial charge in [-0.15, -0.1) is 0 Å². The van der Waals surface area contributed by atoms with E-state index in [4.69, 9.17) is 31.3 Å². The van der Waals surface area contributed by atoms with Gasteiger partial charge < -0.3 is 36.1 Å². The van der Waals surface area contributed by atoms with Crippen molar-refractivity contribution < 1.29 is 35.1 Å². The Morgan fingerprint density at radius 3 is 1.96 bits per heavy atom. The molecule has 0 aromatic heterocycles. The van der Waals surface area contributed by atoms with Gasteiger partial charge in [-0.25, -0.2) is 0 Å². The molecule has 0 bridgehead atoms. The van der Waals surface area contributed by atoms with Crippen LogP contribution in [0, 0.1) is 5.92 Å². The standard InChI is InChI=1S/C13H18O2.C6H13NO5/c1-9(2)8-11-4-6-12(7-5-11)10(3)13(14)15;7-3(1-8)5(11)6(12)4(10)2-9/h4-7,9-10H,8H2,1-3H3,(H,14,15);1,3-6,9-12H,2,7H2/t10-;3-,4+,5+,6+/m00/s1. The van der Waals surface area contributed by atoms with E-state index in [1.54, 1.807) is 6.92 Å². The van der Waals surface area contributed by atoms with Crippen molar-refractivity contribution in [1.29, 1.82) is 0 Å². The lowest BCUT2D eigenvalue weighted by Crippen LogP contribution is -2.49. The first kappa shape index (κ1) is 25.2. The number of carbonyl (C=O) groups excluding carboxylic acids is 1. The van der Waals surface area contributed by atoms with Crippen LogP contribution >= 0.6 is 0 Å². The lowest BCUT2D eigenvalue weighted by Gasteiger charge is -2.23. The van der Waals surface area contributed by atoms with Crippen molar-refractivity contribution in [3.63, 3.8) is 0 Å². The van der Waals surface area contributed by atoms with Gasteiger partial charge in [-0.05, 0) is 30.4 Å². The Morgan fingerprint density at radius 2 is 1.59 bits per heavy atom. The molecule has 1 rings (SSSR count). The summed E-state index contributed by atoms with van der Waals surface area (Å²) in [6.45, 7) is 5.35. The first-order valence-electron chi connectivity index (χ1n) is 8.72. The van der Waals surface area contributed by atoms with Crippen LogP contribution < -0.4 is 5.73 Å². The Balaban J connectivity index is 0.000000516. The molecule has 7 N–H and O–H groups in total. The lowest BCUT2D eigenvalue weighted by atomic mass is 9.97. The first-order valence-corrected chi connectivity index (χ1v) is 8.72. The van der Waals surface area contributed by atoms with Crippen molar-refractivity contribution in [2.24, 2.45) is 11.7 Å². The van der Waals surface area contributed by atoms with E-state index in [1.165, 1.54) is 5.56 Å². The van der Waals surface area contributed by atoms with Gasteiger partial charge in [0, 0.05) is 0 Å². The number of hydrogen-bond acceptors (Lipinski definition) is 7. The van der Waals surface area contributed by atoms with Crippen molar-refractivity contribution in [1.82, 2.24) is 0 Å². The van der Waals surface area contributed by atoms with Crippen LogP contribution in [0.25, 0.3) is 0 Å². The maximum atomic E-state index is 10.8. The molecular formula is C19H31NO7. The Morgan fingerprint density at radius 1 is 1.07 bits per heavy atom. The highest BCUT2D eigenvalue weighted by Gasteiger charge is 2.28. The van der Waals surface area contributed by atoms with Crippen molar-refractivity contribution in [2.45, 2.75) is 57.5 Å². The third-order valence-corrected chi connectivity index (χ3v) is 3.98. The molecule has 0 aliphatic heterocycles. The Bertz CT molecular complexity index is 562. The van der Waals surface area contributed by atoms with E-state index in [-0.39, 0.29) is 6.29 Å². The fourth-order valence-electron chi connectivity index (χ4n) is 2.20. The topological polar surface area (TPSA) is 161 Å². The Kier molecular flexibility index (Phi) is 11.7. The molecule has 0 heterocycles. The number of nitrogens with two attached hydrogens (primary N) is 1. The molecule has 0 saturated carbocycles. The second kappa shape index (κ2) is 12.5. The van der Waals surface area contributed by atoms with Gasteiger partial charge in [0.25, 0.3) is 0 Å². The summed E-state index contributed by atoms with van der Waals surface area (Å²) < 4.78 is 0. The largest absolute Gasteiger partial charge is 0.481 e. The van der Waals surface area contributed by atoms with Crippen molar-refractivity contribution in [3.8, 4) is 0 Å². The van der Waals surface area contributed by atoms with Crippen LogP contribution in [0.4, 0.5) is 0 Å². The number of rotatable bonds is 9. The summed E-state index contributed by atoms with van der Waals surface area (Å²) in [7, 11) is 0. The molecule has 0 radical (unpaired) electrons. The lowest BCUT2D eigenvalue weighted by molar-refractivity contribution is -0.138. The Hall–Kier alpha value is -1.84. The fraction of sp³-hybridized carbons (Fsp3) is 0.579. The molecule has 8 nitrogen and oxygen atoms in total. The predicted octanol–water partition coefficient (Wildman–Crippen LogP) is -0.339. The highest BCUT2D eigenvalue weighted by Crippen LogP contribution is 2.17. The number of aliphatic hydroxyl groups is 4. The van der Waals surface area contributed by atoms with Crippen molar-refractivity contribution in [3.05, 3.63) is 35.4 Å². The quantitative estimate of drug-likeness (QED) is 0.315. The zero-order chi connectivity index (χ0) is 21.1. The molecule has 27 heavy (non-hydrogen) atoms. The molecular weight excluding hydrogens is 354 g/mol. The number of carboxylic acids is 1. The van der Waals surface area contributed by atoms with Crippen LogP contribution in [0.5, 0.6) is 0 Å². The number of aldehydes is 1. The minimum atomic E-state index is -1.62. The van der Waals surface area contributed by atoms with E-state index < -0.39 is 42.8 Å². The molecule has 8 heteroatoms. The number of carboxylic acid groups (broad SMARTS) is 1. The molecule has 0 fully saturated rings. The van der Waals surface area contributed by atoms with Crippen molar-refractivity contribution >= 4 is 12.3 Å². The zero-order valence-electron chi connectivity index (χ0n) is 15.9. The van der Waals surface area contributed by atoms with Crippen LogP contribution in [-0.4, -0.2) is 68.7 Å². The van der Waals surface area contributed by atoms with Crippen molar-refractivity contribution in [2.75, 3.05) is 6.61 Å². The van der Waals surface area contributed by atoms with Gasteiger partial charge in [0.1, 0.15) is 24.6 Å². The SMILES string of the molecule is CC(C)Cc1ccc([C@H](C)C(=O)O)cc1.N[C@@H](C=O)[C@@H](O)[C@H](O)[C@H](O)CO. The smallest absolute Gasteiger partial charge is 0.310 e. The van der Waals surface area contributed by atoms with E-state index in [0.717, 1.165) is 12.0 Å². The molecule has 5 atom stereocenters. The van der Waals surface area contributed by atoms with Gasteiger partial charge in [0.15, 0.2) is 0 Å². The number of aliphatic hydroxyl groups excluding tert-OH is 4. The van der Waals surface area contributed by atoms with Crippen LogP contribution in [-0.2, 0) is 16.0 Å². The molecule has 0 unspecified atom stereocenters. The number of hydrogen-bond donors (Lipinski definition) is 6.